The van der Waals surface area contributed by atoms with E-state index in [1.807, 2.05) is 0 Å². The molecule has 0 aliphatic heterocycles. The minimum Gasteiger partial charge on any atom is -0.399 e. The molecule has 5 N–H and O–H groups in total. The number of hydroxylamine groups is 1. The summed E-state index contributed by atoms with van der Waals surface area (Å²) in [6, 6.07) is 16.0. The Hall–Kier alpha value is -3.17. The highest BCUT2D eigenvalue weighted by Crippen LogP contribution is 2.31. The van der Waals surface area contributed by atoms with Crippen molar-refractivity contribution in [3.63, 3.8) is 0 Å². The first kappa shape index (κ1) is 25.5. The monoisotopic (exact) mass is 526 g/mol. The van der Waals surface area contributed by atoms with Crippen LogP contribution < -0.4 is 25.0 Å². The highest BCUT2D eigenvalue weighted by Gasteiger charge is 2.24. The molecule has 11 nitrogen and oxygen atoms in total. The lowest BCUT2D eigenvalue weighted by atomic mass is 10.3. The van der Waals surface area contributed by atoms with Crippen LogP contribution >= 0.6 is 0 Å². The summed E-state index contributed by atoms with van der Waals surface area (Å²) in [7, 11) is -1.92. The molecule has 0 bridgehead atoms. The maximum atomic E-state index is 12.8. The van der Waals surface area contributed by atoms with Crippen molar-refractivity contribution in [1.82, 2.24) is 0 Å². The van der Waals surface area contributed by atoms with Crippen molar-refractivity contribution in [2.24, 2.45) is 0 Å². The van der Waals surface area contributed by atoms with Gasteiger partial charge in [-0.05, 0) is 66.7 Å². The molecule has 3 aromatic rings. The van der Waals surface area contributed by atoms with Gasteiger partial charge in [-0.2, -0.15) is 16.9 Å². The van der Waals surface area contributed by atoms with Crippen molar-refractivity contribution in [3.8, 4) is 5.75 Å². The third kappa shape index (κ3) is 6.24. The van der Waals surface area contributed by atoms with Crippen LogP contribution in [0.25, 0.3) is 0 Å². The molecule has 14 heteroatoms. The Balaban J connectivity index is 1.87. The van der Waals surface area contributed by atoms with Crippen LogP contribution in [0, 0.1) is 0 Å². The number of anilines is 4. The van der Waals surface area contributed by atoms with E-state index in [9.17, 15) is 21.4 Å². The van der Waals surface area contributed by atoms with Crippen LogP contribution in [0.4, 0.5) is 22.7 Å². The van der Waals surface area contributed by atoms with E-state index in [2.05, 4.69) is 0 Å². The van der Waals surface area contributed by atoms with E-state index in [1.165, 1.54) is 50.5 Å². The first-order valence-electron chi connectivity index (χ1n) is 9.46. The molecule has 0 saturated carbocycles. The van der Waals surface area contributed by atoms with E-state index >= 15 is 0 Å². The fourth-order valence-corrected chi connectivity index (χ4v) is 4.86. The van der Waals surface area contributed by atoms with Crippen LogP contribution in [0.5, 0.6) is 5.75 Å². The molecule has 0 amide bonds. The molecule has 0 aliphatic carbocycles. The lowest BCUT2D eigenvalue weighted by molar-refractivity contribution is 0.333. The van der Waals surface area contributed by atoms with Gasteiger partial charge >= 0.3 is 11.3 Å². The second-order valence-electron chi connectivity index (χ2n) is 6.87. The number of benzene rings is 3. The average Bonchev–Trinajstić information content (AvgIpc) is 2.79. The highest BCUT2D eigenvalue weighted by atomic mass is 32.2. The van der Waals surface area contributed by atoms with Crippen molar-refractivity contribution < 1.29 is 29.9 Å². The summed E-state index contributed by atoms with van der Waals surface area (Å²) in [5, 5.41) is 1.14. The van der Waals surface area contributed by atoms with Crippen LogP contribution in [-0.4, -0.2) is 35.5 Å². The summed E-state index contributed by atoms with van der Waals surface area (Å²) in [4.78, 5) is -0.160. The zero-order chi connectivity index (χ0) is 25.0. The number of rotatable bonds is 9. The molecule has 182 valence electrons. The molecule has 0 saturated heterocycles. The SMILES string of the molecule is CN(OS(=O)c1ccc(N)cc1)c1ccc(S(=O)(=O)O)c(N(C)S(=O)Oc2ccc(N)cc2)c1. The normalized spacial score (nSPS) is 13.1. The number of hydrogen-bond donors (Lipinski definition) is 3. The number of hydrogen-bond acceptors (Lipinski definition) is 9. The topological polar surface area (TPSA) is 165 Å². The lowest BCUT2D eigenvalue weighted by Crippen LogP contribution is -2.27. The first-order chi connectivity index (χ1) is 16.0. The summed E-state index contributed by atoms with van der Waals surface area (Å²) < 4.78 is 70.5. The van der Waals surface area contributed by atoms with Crippen LogP contribution in [0.1, 0.15) is 0 Å². The maximum Gasteiger partial charge on any atom is 0.318 e. The molecule has 3 aromatic carbocycles. The molecule has 0 spiro atoms. The zero-order valence-corrected chi connectivity index (χ0v) is 20.5. The molecule has 2 atom stereocenters. The summed E-state index contributed by atoms with van der Waals surface area (Å²) in [5.41, 5.74) is 12.3. The fraction of sp³-hybridized carbons (Fsp3) is 0.100. The highest BCUT2D eigenvalue weighted by molar-refractivity contribution is 7.86. The van der Waals surface area contributed by atoms with Crippen LogP contribution in [0.15, 0.2) is 76.5 Å². The van der Waals surface area contributed by atoms with E-state index in [1.54, 1.807) is 24.3 Å². The molecule has 34 heavy (non-hydrogen) atoms. The van der Waals surface area contributed by atoms with Crippen molar-refractivity contribution in [3.05, 3.63) is 66.7 Å². The van der Waals surface area contributed by atoms with Crippen molar-refractivity contribution in [1.29, 1.82) is 0 Å². The smallest absolute Gasteiger partial charge is 0.318 e. The molecule has 2 unspecified atom stereocenters. The van der Waals surface area contributed by atoms with Gasteiger partial charge in [0.15, 0.2) is 0 Å². The molecule has 0 radical (unpaired) electrons. The fourth-order valence-electron chi connectivity index (χ4n) is 2.67. The Morgan fingerprint density at radius 1 is 0.882 bits per heavy atom. The quantitative estimate of drug-likeness (QED) is 0.214. The Kier molecular flexibility index (Phi) is 7.78. The summed E-state index contributed by atoms with van der Waals surface area (Å²) in [6.45, 7) is 0. The summed E-state index contributed by atoms with van der Waals surface area (Å²) in [5.74, 6) is 0.225. The second-order valence-corrected chi connectivity index (χ2v) is 10.5. The molecular formula is C20H22N4O7S3. The van der Waals surface area contributed by atoms with Crippen molar-refractivity contribution in [2.75, 3.05) is 34.9 Å². The minimum atomic E-state index is -4.68. The van der Waals surface area contributed by atoms with Crippen LogP contribution in [0.2, 0.25) is 0 Å². The Labute approximate surface area is 202 Å². The van der Waals surface area contributed by atoms with Gasteiger partial charge < -0.3 is 15.7 Å². The lowest BCUT2D eigenvalue weighted by Gasteiger charge is -2.23. The molecule has 0 heterocycles. The van der Waals surface area contributed by atoms with Gasteiger partial charge in [0.05, 0.1) is 16.3 Å². The Morgan fingerprint density at radius 2 is 1.44 bits per heavy atom. The maximum absolute atomic E-state index is 12.8. The van der Waals surface area contributed by atoms with Gasteiger partial charge in [-0.15, -0.1) is 0 Å². The summed E-state index contributed by atoms with van der Waals surface area (Å²) in [6.07, 6.45) is 0. The Bertz CT molecular complexity index is 1320. The summed E-state index contributed by atoms with van der Waals surface area (Å²) >= 11 is -4.10. The van der Waals surface area contributed by atoms with Gasteiger partial charge in [0.1, 0.15) is 10.6 Å². The van der Waals surface area contributed by atoms with E-state index in [0.717, 1.165) is 15.4 Å². The van der Waals surface area contributed by atoms with E-state index in [4.69, 9.17) is 19.9 Å². The average molecular weight is 527 g/mol. The molecular weight excluding hydrogens is 504 g/mol. The third-order valence-electron chi connectivity index (χ3n) is 4.45. The molecule has 3 rings (SSSR count). The van der Waals surface area contributed by atoms with E-state index < -0.39 is 37.4 Å². The standard InChI is InChI=1S/C20H22N4O7S3/c1-23(31-32(25)18-10-5-15(22)6-11-18)16-7-12-20(34(27,28)29)19(13-16)24(2)33(26)30-17-8-3-14(21)4-9-17/h3-13H,21-22H2,1-2H3,(H,27,28,29). The number of nitrogens with zero attached hydrogens (tertiary/aromatic N) is 2. The second kappa shape index (κ2) is 10.4. The van der Waals surface area contributed by atoms with Crippen LogP contribution in [-0.2, 0) is 36.7 Å². The zero-order valence-electron chi connectivity index (χ0n) is 18.0. The van der Waals surface area contributed by atoms with E-state index in [0.29, 0.717) is 16.3 Å². The molecule has 0 aromatic heterocycles. The van der Waals surface area contributed by atoms with Gasteiger partial charge in [-0.1, -0.05) is 0 Å². The number of nitrogen functional groups attached to an aromatic ring is 2. The van der Waals surface area contributed by atoms with Crippen LogP contribution in [0.3, 0.4) is 0 Å². The van der Waals surface area contributed by atoms with Gasteiger partial charge in [-0.3, -0.25) is 8.86 Å². The Morgan fingerprint density at radius 3 is 2.00 bits per heavy atom. The van der Waals surface area contributed by atoms with E-state index in [-0.39, 0.29) is 17.1 Å². The van der Waals surface area contributed by atoms with Crippen molar-refractivity contribution in [2.45, 2.75) is 9.79 Å². The van der Waals surface area contributed by atoms with Gasteiger partial charge in [0, 0.05) is 25.5 Å². The van der Waals surface area contributed by atoms with Gasteiger partial charge in [-0.25, -0.2) is 9.27 Å². The van der Waals surface area contributed by atoms with Gasteiger partial charge in [0.25, 0.3) is 10.1 Å². The van der Waals surface area contributed by atoms with Crippen molar-refractivity contribution >= 4 is 55.2 Å². The molecule has 0 aliphatic rings. The first-order valence-corrected chi connectivity index (χ1v) is 13.0. The number of nitrogens with two attached hydrogens (primary N) is 2. The predicted octanol–water partition coefficient (Wildman–Crippen LogP) is 2.28. The van der Waals surface area contributed by atoms with Gasteiger partial charge in [0.2, 0.25) is 11.1 Å². The minimum absolute atomic E-state index is 0.150. The third-order valence-corrected chi connectivity index (χ3v) is 7.34. The molecule has 0 fully saturated rings. The largest absolute Gasteiger partial charge is 0.399 e. The predicted molar refractivity (Wildman–Crippen MR) is 131 cm³/mol.